The molecule has 0 heterocycles. The summed E-state index contributed by atoms with van der Waals surface area (Å²) in [6, 6.07) is 8.82. The van der Waals surface area contributed by atoms with Crippen LogP contribution in [0, 0.1) is 12.3 Å². The molecule has 0 unspecified atom stereocenters. The minimum atomic E-state index is 0.329. The fraction of sp³-hybridized carbons (Fsp3) is 0.455. The van der Waals surface area contributed by atoms with Gasteiger partial charge in [-0.3, -0.25) is 0 Å². The monoisotopic (exact) mass is 294 g/mol. The van der Waals surface area contributed by atoms with Gasteiger partial charge in [-0.1, -0.05) is 73.1 Å². The van der Waals surface area contributed by atoms with E-state index in [-0.39, 0.29) is 0 Å². The molecule has 0 N–H and O–H groups in total. The Morgan fingerprint density at radius 3 is 2.45 bits per heavy atom. The van der Waals surface area contributed by atoms with Crippen molar-refractivity contribution in [3.8, 4) is 0 Å². The standard InChI is InChI=1S/C22H30/c1-17-8-12-20(13-9-17)14-10-18(2)11-15-21-19(3)7-6-16-22(21,4)5/h8-13,15H,6-7,14,16H2,1-5H3/b15-11+,18-10+. The van der Waals surface area contributed by atoms with Crippen LogP contribution in [0.1, 0.15) is 58.1 Å². The largest absolute Gasteiger partial charge is 0.0772 e. The van der Waals surface area contributed by atoms with E-state index in [1.165, 1.54) is 36.0 Å². The first-order chi connectivity index (χ1) is 10.4. The summed E-state index contributed by atoms with van der Waals surface area (Å²) in [5.74, 6) is 0. The highest BCUT2D eigenvalue weighted by Crippen LogP contribution is 2.40. The van der Waals surface area contributed by atoms with Gasteiger partial charge < -0.3 is 0 Å². The zero-order chi connectivity index (χ0) is 16.2. The van der Waals surface area contributed by atoms with E-state index in [1.54, 1.807) is 11.1 Å². The Balaban J connectivity index is 2.05. The third-order valence-electron chi connectivity index (χ3n) is 4.84. The van der Waals surface area contributed by atoms with Crippen molar-refractivity contribution in [2.45, 2.75) is 60.3 Å². The molecule has 0 saturated heterocycles. The molecule has 1 aliphatic rings. The van der Waals surface area contributed by atoms with Gasteiger partial charge in [0, 0.05) is 0 Å². The molecule has 118 valence electrons. The molecular formula is C22H30. The molecule has 0 heteroatoms. The number of hydrogen-bond acceptors (Lipinski definition) is 0. The van der Waals surface area contributed by atoms with Crippen LogP contribution in [-0.4, -0.2) is 0 Å². The highest BCUT2D eigenvalue weighted by Gasteiger charge is 2.26. The fourth-order valence-electron chi connectivity index (χ4n) is 3.30. The van der Waals surface area contributed by atoms with Crippen molar-refractivity contribution in [3.63, 3.8) is 0 Å². The van der Waals surface area contributed by atoms with E-state index < -0.39 is 0 Å². The fourth-order valence-corrected chi connectivity index (χ4v) is 3.30. The molecule has 0 nitrogen and oxygen atoms in total. The number of rotatable bonds is 4. The molecule has 0 aromatic heterocycles. The maximum absolute atomic E-state index is 2.38. The number of aryl methyl sites for hydroxylation is 1. The van der Waals surface area contributed by atoms with Crippen molar-refractivity contribution in [2.24, 2.45) is 5.41 Å². The Hall–Kier alpha value is -1.56. The lowest BCUT2D eigenvalue weighted by Crippen LogP contribution is -2.19. The van der Waals surface area contributed by atoms with Crippen molar-refractivity contribution < 1.29 is 0 Å². The van der Waals surface area contributed by atoms with Crippen molar-refractivity contribution in [2.75, 3.05) is 0 Å². The minimum Gasteiger partial charge on any atom is -0.0772 e. The topological polar surface area (TPSA) is 0 Å². The van der Waals surface area contributed by atoms with Crippen molar-refractivity contribution >= 4 is 0 Å². The number of allylic oxidation sites excluding steroid dienone is 6. The predicted molar refractivity (Wildman–Crippen MR) is 98.1 cm³/mol. The molecule has 22 heavy (non-hydrogen) atoms. The third-order valence-corrected chi connectivity index (χ3v) is 4.84. The maximum atomic E-state index is 2.38. The van der Waals surface area contributed by atoms with E-state index in [1.807, 2.05) is 0 Å². The quantitative estimate of drug-likeness (QED) is 0.551. The smallest absolute Gasteiger partial charge is 0.00917 e. The minimum absolute atomic E-state index is 0.329. The summed E-state index contributed by atoms with van der Waals surface area (Å²) in [6.45, 7) is 11.4. The summed E-state index contributed by atoms with van der Waals surface area (Å²) in [6.07, 6.45) is 11.9. The van der Waals surface area contributed by atoms with E-state index in [0.29, 0.717) is 5.41 Å². The van der Waals surface area contributed by atoms with Gasteiger partial charge in [-0.15, -0.1) is 0 Å². The summed E-state index contributed by atoms with van der Waals surface area (Å²) in [7, 11) is 0. The lowest BCUT2D eigenvalue weighted by atomic mass is 9.72. The van der Waals surface area contributed by atoms with Gasteiger partial charge in [0.15, 0.2) is 0 Å². The number of hydrogen-bond donors (Lipinski definition) is 0. The first-order valence-electron chi connectivity index (χ1n) is 8.49. The molecule has 2 rings (SSSR count). The first kappa shape index (κ1) is 16.8. The van der Waals surface area contributed by atoms with Crippen molar-refractivity contribution in [1.82, 2.24) is 0 Å². The van der Waals surface area contributed by atoms with Gasteiger partial charge >= 0.3 is 0 Å². The van der Waals surface area contributed by atoms with Gasteiger partial charge in [-0.25, -0.2) is 0 Å². The Bertz CT molecular complexity index is 591. The van der Waals surface area contributed by atoms with Crippen LogP contribution in [-0.2, 0) is 6.42 Å². The van der Waals surface area contributed by atoms with E-state index in [0.717, 1.165) is 6.42 Å². The maximum Gasteiger partial charge on any atom is -0.00917 e. The van der Waals surface area contributed by atoms with Gasteiger partial charge in [0.1, 0.15) is 0 Å². The Kier molecular flexibility index (Phi) is 5.45. The summed E-state index contributed by atoms with van der Waals surface area (Å²) in [5, 5.41) is 0. The Morgan fingerprint density at radius 2 is 1.82 bits per heavy atom. The second-order valence-corrected chi connectivity index (χ2v) is 7.40. The summed E-state index contributed by atoms with van der Waals surface area (Å²) in [4.78, 5) is 0. The molecule has 0 bridgehead atoms. The van der Waals surface area contributed by atoms with Crippen LogP contribution in [0.2, 0.25) is 0 Å². The molecular weight excluding hydrogens is 264 g/mol. The molecule has 0 aliphatic heterocycles. The zero-order valence-electron chi connectivity index (χ0n) is 14.9. The zero-order valence-corrected chi connectivity index (χ0v) is 14.9. The van der Waals surface area contributed by atoms with E-state index in [4.69, 9.17) is 0 Å². The van der Waals surface area contributed by atoms with Crippen LogP contribution in [0.3, 0.4) is 0 Å². The highest BCUT2D eigenvalue weighted by atomic mass is 14.3. The predicted octanol–water partition coefficient (Wildman–Crippen LogP) is 6.57. The van der Waals surface area contributed by atoms with Crippen LogP contribution in [0.4, 0.5) is 0 Å². The molecule has 0 saturated carbocycles. The third kappa shape index (κ3) is 4.47. The first-order valence-corrected chi connectivity index (χ1v) is 8.49. The number of benzene rings is 1. The van der Waals surface area contributed by atoms with E-state index in [2.05, 4.69) is 77.1 Å². The normalized spacial score (nSPS) is 19.0. The highest BCUT2D eigenvalue weighted by molar-refractivity contribution is 5.36. The average Bonchev–Trinajstić information content (AvgIpc) is 2.45. The Morgan fingerprint density at radius 1 is 1.14 bits per heavy atom. The van der Waals surface area contributed by atoms with Gasteiger partial charge in [-0.2, -0.15) is 0 Å². The van der Waals surface area contributed by atoms with Crippen LogP contribution in [0.25, 0.3) is 0 Å². The molecule has 0 spiro atoms. The molecule has 0 fully saturated rings. The summed E-state index contributed by atoms with van der Waals surface area (Å²) < 4.78 is 0. The molecule has 1 aromatic rings. The van der Waals surface area contributed by atoms with Crippen LogP contribution >= 0.6 is 0 Å². The molecule has 1 aromatic carbocycles. The van der Waals surface area contributed by atoms with Gasteiger partial charge in [0.25, 0.3) is 0 Å². The second-order valence-electron chi connectivity index (χ2n) is 7.40. The van der Waals surface area contributed by atoms with Crippen LogP contribution in [0.5, 0.6) is 0 Å². The van der Waals surface area contributed by atoms with Gasteiger partial charge in [0.05, 0.1) is 0 Å². The Labute approximate surface area is 136 Å². The van der Waals surface area contributed by atoms with E-state index >= 15 is 0 Å². The molecule has 0 amide bonds. The average molecular weight is 294 g/mol. The van der Waals surface area contributed by atoms with Crippen LogP contribution < -0.4 is 0 Å². The molecule has 0 atom stereocenters. The van der Waals surface area contributed by atoms with Crippen LogP contribution in [0.15, 0.2) is 59.2 Å². The van der Waals surface area contributed by atoms with E-state index in [9.17, 15) is 0 Å². The SMILES string of the molecule is CC1=C(/C=C/C(C)=C/Cc2ccc(C)cc2)C(C)(C)CCC1. The second kappa shape index (κ2) is 7.13. The molecule has 1 aliphatic carbocycles. The van der Waals surface area contributed by atoms with Gasteiger partial charge in [-0.05, 0) is 63.0 Å². The van der Waals surface area contributed by atoms with Crippen molar-refractivity contribution in [1.29, 1.82) is 0 Å². The summed E-state index contributed by atoms with van der Waals surface area (Å²) in [5.41, 5.74) is 7.50. The van der Waals surface area contributed by atoms with Crippen molar-refractivity contribution in [3.05, 3.63) is 70.3 Å². The van der Waals surface area contributed by atoms with Gasteiger partial charge in [0.2, 0.25) is 0 Å². The lowest BCUT2D eigenvalue weighted by molar-refractivity contribution is 0.377. The summed E-state index contributed by atoms with van der Waals surface area (Å²) >= 11 is 0. The lowest BCUT2D eigenvalue weighted by Gasteiger charge is -2.32. The molecule has 0 radical (unpaired) electrons.